The van der Waals surface area contributed by atoms with Crippen LogP contribution in [0.15, 0.2) is 30.5 Å². The van der Waals surface area contributed by atoms with Crippen molar-refractivity contribution in [3.8, 4) is 0 Å². The largest absolute Gasteiger partial charge is 0.360 e. The van der Waals surface area contributed by atoms with Gasteiger partial charge in [-0.25, -0.2) is 4.98 Å². The van der Waals surface area contributed by atoms with Crippen molar-refractivity contribution in [3.05, 3.63) is 57.0 Å². The van der Waals surface area contributed by atoms with Crippen LogP contribution in [0.1, 0.15) is 30.9 Å². The fourth-order valence-electron chi connectivity index (χ4n) is 1.82. The van der Waals surface area contributed by atoms with E-state index in [4.69, 9.17) is 11.6 Å². The molecule has 1 N–H and O–H groups in total. The summed E-state index contributed by atoms with van der Waals surface area (Å²) in [6.45, 7) is 4.67. The number of benzene rings is 1. The lowest BCUT2D eigenvalue weighted by Crippen LogP contribution is -2.05. The fourth-order valence-corrected chi connectivity index (χ4v) is 1.96. The Kier molecular flexibility index (Phi) is 4.70. The van der Waals surface area contributed by atoms with Crippen molar-refractivity contribution in [2.45, 2.75) is 26.3 Å². The van der Waals surface area contributed by atoms with E-state index < -0.39 is 4.92 Å². The van der Waals surface area contributed by atoms with Crippen molar-refractivity contribution in [3.63, 3.8) is 0 Å². The monoisotopic (exact) mass is 306 g/mol. The molecule has 0 atom stereocenters. The number of nitro groups is 1. The number of anilines is 1. The van der Waals surface area contributed by atoms with Crippen LogP contribution in [-0.2, 0) is 6.54 Å². The first-order valence-corrected chi connectivity index (χ1v) is 6.85. The molecule has 0 aliphatic heterocycles. The molecule has 6 nitrogen and oxygen atoms in total. The van der Waals surface area contributed by atoms with E-state index >= 15 is 0 Å². The van der Waals surface area contributed by atoms with Crippen LogP contribution in [-0.4, -0.2) is 14.9 Å². The van der Waals surface area contributed by atoms with Crippen LogP contribution >= 0.6 is 11.6 Å². The van der Waals surface area contributed by atoms with Gasteiger partial charge in [-0.3, -0.25) is 10.1 Å². The van der Waals surface area contributed by atoms with Crippen LogP contribution in [0.4, 0.5) is 11.5 Å². The molecule has 21 heavy (non-hydrogen) atoms. The first-order chi connectivity index (χ1) is 9.97. The predicted octanol–water partition coefficient (Wildman–Crippen LogP) is 3.77. The van der Waals surface area contributed by atoms with Crippen molar-refractivity contribution < 1.29 is 4.92 Å². The number of hydrogen-bond acceptors (Lipinski definition) is 5. The lowest BCUT2D eigenvalue weighted by molar-refractivity contribution is -0.384. The minimum atomic E-state index is -0.541. The zero-order chi connectivity index (χ0) is 15.4. The Morgan fingerprint density at radius 1 is 1.33 bits per heavy atom. The molecule has 7 heteroatoms. The molecule has 0 amide bonds. The van der Waals surface area contributed by atoms with Crippen molar-refractivity contribution in [1.29, 1.82) is 0 Å². The van der Waals surface area contributed by atoms with Gasteiger partial charge in [-0.2, -0.15) is 4.98 Å². The second-order valence-corrected chi connectivity index (χ2v) is 5.22. The third-order valence-corrected chi connectivity index (χ3v) is 3.23. The van der Waals surface area contributed by atoms with E-state index in [2.05, 4.69) is 29.1 Å². The maximum atomic E-state index is 10.9. The van der Waals surface area contributed by atoms with Crippen molar-refractivity contribution in [1.82, 2.24) is 9.97 Å². The maximum absolute atomic E-state index is 10.9. The zero-order valence-corrected chi connectivity index (χ0v) is 12.5. The Bertz CT molecular complexity index is 644. The summed E-state index contributed by atoms with van der Waals surface area (Å²) in [5.74, 6) is 0.585. The third kappa shape index (κ3) is 3.88. The molecule has 0 bridgehead atoms. The number of rotatable bonds is 5. The van der Waals surface area contributed by atoms with Gasteiger partial charge in [-0.05, 0) is 28.6 Å². The Balaban J connectivity index is 2.12. The highest BCUT2D eigenvalue weighted by Crippen LogP contribution is 2.23. The Hall–Kier alpha value is -2.21. The zero-order valence-electron chi connectivity index (χ0n) is 11.7. The molecule has 0 saturated carbocycles. The van der Waals surface area contributed by atoms with Gasteiger partial charge in [0.1, 0.15) is 6.20 Å². The smallest absolute Gasteiger partial charge is 0.329 e. The predicted molar refractivity (Wildman–Crippen MR) is 81.6 cm³/mol. The SMILES string of the molecule is CC(C)c1ccc(CNc2nc(Cl)ncc2[N+](=O)[O-])cc1. The molecule has 110 valence electrons. The van der Waals surface area contributed by atoms with Crippen molar-refractivity contribution in [2.24, 2.45) is 0 Å². The quantitative estimate of drug-likeness (QED) is 0.516. The van der Waals surface area contributed by atoms with Gasteiger partial charge < -0.3 is 5.32 Å². The summed E-state index contributed by atoms with van der Waals surface area (Å²) in [5, 5.41) is 13.8. The summed E-state index contributed by atoms with van der Waals surface area (Å²) >= 11 is 5.67. The van der Waals surface area contributed by atoms with Gasteiger partial charge in [0.2, 0.25) is 11.1 Å². The van der Waals surface area contributed by atoms with Crippen molar-refractivity contribution >= 4 is 23.1 Å². The topological polar surface area (TPSA) is 81.0 Å². The Labute approximate surface area is 127 Å². The number of nitrogens with one attached hydrogen (secondary N) is 1. The maximum Gasteiger partial charge on any atom is 0.329 e. The molecule has 0 fully saturated rings. The summed E-state index contributed by atoms with van der Waals surface area (Å²) in [6.07, 6.45) is 1.10. The minimum absolute atomic E-state index is 0.0294. The van der Waals surface area contributed by atoms with E-state index in [0.717, 1.165) is 11.8 Å². The minimum Gasteiger partial charge on any atom is -0.360 e. The number of aromatic nitrogens is 2. The average molecular weight is 307 g/mol. The second-order valence-electron chi connectivity index (χ2n) is 4.88. The first-order valence-electron chi connectivity index (χ1n) is 6.47. The molecule has 0 radical (unpaired) electrons. The van der Waals surface area contributed by atoms with Gasteiger partial charge >= 0.3 is 5.69 Å². The van der Waals surface area contributed by atoms with E-state index in [1.165, 1.54) is 5.56 Å². The molecule has 1 aromatic heterocycles. The van der Waals surface area contributed by atoms with E-state index in [0.29, 0.717) is 12.5 Å². The standard InChI is InChI=1S/C14H15ClN4O2/c1-9(2)11-5-3-10(4-6-11)7-16-13-12(19(20)21)8-17-14(15)18-13/h3-6,8-9H,7H2,1-2H3,(H,16,17,18). The molecule has 1 aromatic carbocycles. The Morgan fingerprint density at radius 3 is 2.57 bits per heavy atom. The molecular weight excluding hydrogens is 292 g/mol. The van der Waals surface area contributed by atoms with Gasteiger partial charge in [-0.1, -0.05) is 38.1 Å². The normalized spacial score (nSPS) is 10.7. The molecule has 0 spiro atoms. The molecule has 0 unspecified atom stereocenters. The van der Waals surface area contributed by atoms with Crippen LogP contribution < -0.4 is 5.32 Å². The van der Waals surface area contributed by atoms with Gasteiger partial charge in [0.15, 0.2) is 0 Å². The summed E-state index contributed by atoms with van der Waals surface area (Å²) < 4.78 is 0. The molecule has 0 aliphatic rings. The Morgan fingerprint density at radius 2 is 2.00 bits per heavy atom. The lowest BCUT2D eigenvalue weighted by atomic mass is 10.0. The van der Waals surface area contributed by atoms with Crippen LogP contribution in [0.25, 0.3) is 0 Å². The number of hydrogen-bond donors (Lipinski definition) is 1. The van der Waals surface area contributed by atoms with Gasteiger partial charge in [0.25, 0.3) is 0 Å². The van der Waals surface area contributed by atoms with E-state index in [1.807, 2.05) is 24.3 Å². The third-order valence-electron chi connectivity index (χ3n) is 3.04. The van der Waals surface area contributed by atoms with Crippen LogP contribution in [0, 0.1) is 10.1 Å². The molecule has 2 aromatic rings. The first kappa shape index (κ1) is 15.2. The molecule has 0 saturated heterocycles. The summed E-state index contributed by atoms with van der Waals surface area (Å²) in [7, 11) is 0. The van der Waals surface area contributed by atoms with Gasteiger partial charge in [0.05, 0.1) is 4.92 Å². The summed E-state index contributed by atoms with van der Waals surface area (Å²) in [6, 6.07) is 8.06. The molecule has 2 rings (SSSR count). The molecule has 1 heterocycles. The second kappa shape index (κ2) is 6.49. The lowest BCUT2D eigenvalue weighted by Gasteiger charge is -2.08. The summed E-state index contributed by atoms with van der Waals surface area (Å²) in [4.78, 5) is 17.8. The van der Waals surface area contributed by atoms with Crippen LogP contribution in [0.3, 0.4) is 0 Å². The highest BCUT2D eigenvalue weighted by atomic mass is 35.5. The van der Waals surface area contributed by atoms with Crippen LogP contribution in [0.2, 0.25) is 5.28 Å². The molecular formula is C14H15ClN4O2. The highest BCUT2D eigenvalue weighted by molar-refractivity contribution is 6.28. The van der Waals surface area contributed by atoms with E-state index in [-0.39, 0.29) is 16.8 Å². The molecule has 0 aliphatic carbocycles. The van der Waals surface area contributed by atoms with Crippen LogP contribution in [0.5, 0.6) is 0 Å². The van der Waals surface area contributed by atoms with Crippen molar-refractivity contribution in [2.75, 3.05) is 5.32 Å². The number of halogens is 1. The van der Waals surface area contributed by atoms with E-state index in [9.17, 15) is 10.1 Å². The number of nitrogens with zero attached hydrogens (tertiary/aromatic N) is 3. The van der Waals surface area contributed by atoms with Gasteiger partial charge in [-0.15, -0.1) is 0 Å². The highest BCUT2D eigenvalue weighted by Gasteiger charge is 2.16. The average Bonchev–Trinajstić information content (AvgIpc) is 2.45. The fraction of sp³-hybridized carbons (Fsp3) is 0.286. The van der Waals surface area contributed by atoms with Gasteiger partial charge in [0, 0.05) is 6.54 Å². The summed E-state index contributed by atoms with van der Waals surface area (Å²) in [5.41, 5.74) is 2.05. The van der Waals surface area contributed by atoms with E-state index in [1.54, 1.807) is 0 Å².